The number of nitrogens with zero attached hydrogens (tertiary/aromatic N) is 2. The molecular weight excluding hydrogens is 240 g/mol. The monoisotopic (exact) mass is 252 g/mol. The van der Waals surface area contributed by atoms with Crippen LogP contribution in [0.5, 0.6) is 11.6 Å². The third kappa shape index (κ3) is 2.39. The topological polar surface area (TPSA) is 55.2 Å². The molecule has 0 amide bonds. The van der Waals surface area contributed by atoms with Gasteiger partial charge in [0.25, 0.3) is 0 Å². The van der Waals surface area contributed by atoms with E-state index in [0.717, 1.165) is 16.5 Å². The lowest BCUT2D eigenvalue weighted by Crippen LogP contribution is -1.91. The molecule has 0 aliphatic carbocycles. The molecule has 19 heavy (non-hydrogen) atoms. The summed E-state index contributed by atoms with van der Waals surface area (Å²) in [5.74, 6) is 1.16. The van der Waals surface area contributed by atoms with Crippen molar-refractivity contribution in [2.75, 3.05) is 0 Å². The summed E-state index contributed by atoms with van der Waals surface area (Å²) in [6.07, 6.45) is 3.36. The highest BCUT2D eigenvalue weighted by Crippen LogP contribution is 2.27. The first-order valence-electron chi connectivity index (χ1n) is 5.94. The van der Waals surface area contributed by atoms with E-state index in [0.29, 0.717) is 11.6 Å². The summed E-state index contributed by atoms with van der Waals surface area (Å²) < 4.78 is 5.77. The van der Waals surface area contributed by atoms with E-state index in [1.165, 1.54) is 0 Å². The number of aromatic nitrogens is 2. The fourth-order valence-electron chi connectivity index (χ4n) is 1.88. The highest BCUT2D eigenvalue weighted by atomic mass is 16.5. The Morgan fingerprint density at radius 2 is 1.95 bits per heavy atom. The molecule has 0 fully saturated rings. The quantitative estimate of drug-likeness (QED) is 0.778. The van der Waals surface area contributed by atoms with Crippen LogP contribution in [0.4, 0.5) is 0 Å². The van der Waals surface area contributed by atoms with Crippen LogP contribution < -0.4 is 4.74 Å². The van der Waals surface area contributed by atoms with Gasteiger partial charge in [0.1, 0.15) is 5.75 Å². The molecule has 1 N–H and O–H groups in total. The van der Waals surface area contributed by atoms with Crippen LogP contribution in [0.1, 0.15) is 5.56 Å². The summed E-state index contributed by atoms with van der Waals surface area (Å²) in [5, 5.41) is 10.0. The van der Waals surface area contributed by atoms with E-state index in [1.54, 1.807) is 24.5 Å². The van der Waals surface area contributed by atoms with Crippen LogP contribution in [-0.4, -0.2) is 15.1 Å². The second-order valence-electron chi connectivity index (χ2n) is 4.09. The Morgan fingerprint density at radius 3 is 2.84 bits per heavy atom. The highest BCUT2D eigenvalue weighted by Gasteiger charge is 2.05. The van der Waals surface area contributed by atoms with E-state index in [1.807, 2.05) is 30.3 Å². The first-order valence-corrected chi connectivity index (χ1v) is 5.94. The molecule has 0 saturated heterocycles. The molecule has 0 aliphatic heterocycles. The fraction of sp³-hybridized carbons (Fsp3) is 0.0667. The number of benzene rings is 1. The van der Waals surface area contributed by atoms with Gasteiger partial charge >= 0.3 is 0 Å². The molecular formula is C15H12N2O2. The maximum absolute atomic E-state index is 9.11. The van der Waals surface area contributed by atoms with Crippen LogP contribution in [0, 0.1) is 0 Å². The number of fused-ring (bicyclic) bond motifs is 1. The predicted octanol–water partition coefficient (Wildman–Crippen LogP) is 2.91. The van der Waals surface area contributed by atoms with Crippen molar-refractivity contribution in [3.63, 3.8) is 0 Å². The van der Waals surface area contributed by atoms with Gasteiger partial charge in [-0.25, -0.2) is 4.98 Å². The zero-order valence-corrected chi connectivity index (χ0v) is 10.2. The van der Waals surface area contributed by atoms with Gasteiger partial charge in [-0.2, -0.15) is 0 Å². The average Bonchev–Trinajstić information content (AvgIpc) is 2.48. The zero-order valence-electron chi connectivity index (χ0n) is 10.2. The molecule has 4 nitrogen and oxygen atoms in total. The first-order chi connectivity index (χ1) is 9.36. The second kappa shape index (κ2) is 5.04. The fourth-order valence-corrected chi connectivity index (χ4v) is 1.88. The Labute approximate surface area is 110 Å². The standard InChI is InChI=1S/C15H12N2O2/c18-10-11-6-8-17-15(9-11)19-14-5-1-4-13-12(14)3-2-7-16-13/h1-9,18H,10H2. The number of aliphatic hydroxyl groups is 1. The molecule has 0 spiro atoms. The van der Waals surface area contributed by atoms with Gasteiger partial charge in [0.05, 0.1) is 12.1 Å². The van der Waals surface area contributed by atoms with Gasteiger partial charge in [-0.3, -0.25) is 4.98 Å². The lowest BCUT2D eigenvalue weighted by Gasteiger charge is -2.08. The molecule has 0 bridgehead atoms. The van der Waals surface area contributed by atoms with Crippen molar-refractivity contribution in [2.45, 2.75) is 6.61 Å². The van der Waals surface area contributed by atoms with E-state index >= 15 is 0 Å². The largest absolute Gasteiger partial charge is 0.438 e. The molecule has 0 saturated carbocycles. The molecule has 94 valence electrons. The van der Waals surface area contributed by atoms with Crippen molar-refractivity contribution in [3.05, 3.63) is 60.4 Å². The number of hydrogen-bond acceptors (Lipinski definition) is 4. The molecule has 0 radical (unpaired) electrons. The number of pyridine rings is 2. The lowest BCUT2D eigenvalue weighted by atomic mass is 10.2. The molecule has 3 aromatic rings. The summed E-state index contributed by atoms with van der Waals surface area (Å²) in [4.78, 5) is 8.41. The van der Waals surface area contributed by atoms with Crippen molar-refractivity contribution < 1.29 is 9.84 Å². The van der Waals surface area contributed by atoms with Gasteiger partial charge in [-0.05, 0) is 35.9 Å². The third-order valence-electron chi connectivity index (χ3n) is 2.80. The molecule has 4 heteroatoms. The Hall–Kier alpha value is -2.46. The normalized spacial score (nSPS) is 10.6. The second-order valence-corrected chi connectivity index (χ2v) is 4.09. The van der Waals surface area contributed by atoms with E-state index in [-0.39, 0.29) is 6.61 Å². The van der Waals surface area contributed by atoms with Crippen molar-refractivity contribution in [1.82, 2.24) is 9.97 Å². The van der Waals surface area contributed by atoms with Gasteiger partial charge in [-0.15, -0.1) is 0 Å². The number of aliphatic hydroxyl groups excluding tert-OH is 1. The third-order valence-corrected chi connectivity index (χ3v) is 2.80. The highest BCUT2D eigenvalue weighted by molar-refractivity contribution is 5.85. The van der Waals surface area contributed by atoms with Crippen LogP contribution >= 0.6 is 0 Å². The van der Waals surface area contributed by atoms with Gasteiger partial charge in [0.2, 0.25) is 5.88 Å². The smallest absolute Gasteiger partial charge is 0.219 e. The number of hydrogen-bond donors (Lipinski definition) is 1. The zero-order chi connectivity index (χ0) is 13.1. The minimum atomic E-state index is -0.0318. The molecule has 2 heterocycles. The Balaban J connectivity index is 2.01. The molecule has 2 aromatic heterocycles. The van der Waals surface area contributed by atoms with Crippen LogP contribution in [0.25, 0.3) is 10.9 Å². The predicted molar refractivity (Wildman–Crippen MR) is 72.0 cm³/mol. The van der Waals surface area contributed by atoms with Crippen molar-refractivity contribution in [3.8, 4) is 11.6 Å². The molecule has 0 unspecified atom stereocenters. The SMILES string of the molecule is OCc1ccnc(Oc2cccc3ncccc23)c1. The Bertz CT molecular complexity index is 708. The molecule has 3 rings (SSSR count). The van der Waals surface area contributed by atoms with E-state index in [9.17, 15) is 0 Å². The maximum Gasteiger partial charge on any atom is 0.219 e. The summed E-state index contributed by atoms with van der Waals surface area (Å²) in [5.41, 5.74) is 1.64. The van der Waals surface area contributed by atoms with Crippen LogP contribution in [0.15, 0.2) is 54.9 Å². The number of rotatable bonds is 3. The average molecular weight is 252 g/mol. The number of ether oxygens (including phenoxy) is 1. The van der Waals surface area contributed by atoms with Gasteiger partial charge in [0.15, 0.2) is 0 Å². The van der Waals surface area contributed by atoms with Gasteiger partial charge in [-0.1, -0.05) is 6.07 Å². The first kappa shape index (κ1) is 11.6. The summed E-state index contributed by atoms with van der Waals surface area (Å²) >= 11 is 0. The molecule has 1 aromatic carbocycles. The summed E-state index contributed by atoms with van der Waals surface area (Å²) in [6, 6.07) is 13.0. The van der Waals surface area contributed by atoms with Gasteiger partial charge in [0, 0.05) is 23.8 Å². The Kier molecular flexibility index (Phi) is 3.08. The maximum atomic E-state index is 9.11. The Morgan fingerprint density at radius 1 is 1.00 bits per heavy atom. The lowest BCUT2D eigenvalue weighted by molar-refractivity contribution is 0.281. The van der Waals surface area contributed by atoms with E-state index in [4.69, 9.17) is 9.84 Å². The van der Waals surface area contributed by atoms with E-state index < -0.39 is 0 Å². The van der Waals surface area contributed by atoms with Crippen LogP contribution in [-0.2, 0) is 6.61 Å². The summed E-state index contributed by atoms with van der Waals surface area (Å²) in [6.45, 7) is -0.0318. The minimum absolute atomic E-state index is 0.0318. The summed E-state index contributed by atoms with van der Waals surface area (Å²) in [7, 11) is 0. The van der Waals surface area contributed by atoms with Crippen molar-refractivity contribution >= 4 is 10.9 Å². The molecule has 0 atom stereocenters. The van der Waals surface area contributed by atoms with Crippen molar-refractivity contribution in [1.29, 1.82) is 0 Å². The van der Waals surface area contributed by atoms with Gasteiger partial charge < -0.3 is 9.84 Å². The minimum Gasteiger partial charge on any atom is -0.438 e. The van der Waals surface area contributed by atoms with Crippen LogP contribution in [0.3, 0.4) is 0 Å². The van der Waals surface area contributed by atoms with Crippen LogP contribution in [0.2, 0.25) is 0 Å². The van der Waals surface area contributed by atoms with E-state index in [2.05, 4.69) is 9.97 Å². The molecule has 0 aliphatic rings. The van der Waals surface area contributed by atoms with Crippen molar-refractivity contribution in [2.24, 2.45) is 0 Å².